The molecule has 0 aromatic heterocycles. The number of aliphatic carboxylic acids is 2. The van der Waals surface area contributed by atoms with Crippen molar-refractivity contribution in [3.8, 4) is 0 Å². The summed E-state index contributed by atoms with van der Waals surface area (Å²) in [7, 11) is 0. The van der Waals surface area contributed by atoms with E-state index in [1.54, 1.807) is 0 Å². The number of carboxylic acid groups (broad SMARTS) is 2. The van der Waals surface area contributed by atoms with Crippen LogP contribution in [0.4, 0.5) is 11.4 Å². The van der Waals surface area contributed by atoms with E-state index in [9.17, 15) is 4.79 Å². The molecule has 1 heterocycles. The number of nitrogens with zero attached hydrogens (tertiary/aromatic N) is 1. The second kappa shape index (κ2) is 12.0. The average Bonchev–Trinajstić information content (AvgIpc) is 2.74. The number of ether oxygens (including phenoxy) is 1. The van der Waals surface area contributed by atoms with Crippen molar-refractivity contribution in [1.82, 2.24) is 5.32 Å². The molecule has 160 valence electrons. The van der Waals surface area contributed by atoms with Gasteiger partial charge >= 0.3 is 11.9 Å². The Morgan fingerprint density at radius 1 is 1.00 bits per heavy atom. The fourth-order valence-corrected chi connectivity index (χ4v) is 3.40. The van der Waals surface area contributed by atoms with E-state index < -0.39 is 11.9 Å². The molecule has 0 unspecified atom stereocenters. The third-order valence-corrected chi connectivity index (χ3v) is 4.87. The van der Waals surface area contributed by atoms with Crippen LogP contribution in [-0.2, 0) is 19.1 Å². The monoisotopic (exact) mass is 407 g/mol. The second-order valence-corrected chi connectivity index (χ2v) is 6.99. The number of morpholine rings is 1. The molecule has 0 spiro atoms. The average molecular weight is 407 g/mol. The number of benzene rings is 1. The van der Waals surface area contributed by atoms with Crippen LogP contribution >= 0.6 is 0 Å². The van der Waals surface area contributed by atoms with Gasteiger partial charge in [0.25, 0.3) is 0 Å². The van der Waals surface area contributed by atoms with Gasteiger partial charge in [-0.25, -0.2) is 9.59 Å². The summed E-state index contributed by atoms with van der Waals surface area (Å²) in [5.41, 5.74) is 1.98. The van der Waals surface area contributed by atoms with Crippen LogP contribution in [0.5, 0.6) is 0 Å². The number of hydrogen-bond donors (Lipinski definition) is 4. The van der Waals surface area contributed by atoms with Gasteiger partial charge in [0.1, 0.15) is 0 Å². The highest BCUT2D eigenvalue weighted by Crippen LogP contribution is 2.26. The maximum atomic E-state index is 12.3. The Morgan fingerprint density at radius 2 is 1.62 bits per heavy atom. The highest BCUT2D eigenvalue weighted by Gasteiger charge is 2.17. The number of carbonyl (C=O) groups is 3. The van der Waals surface area contributed by atoms with Gasteiger partial charge in [-0.15, -0.1) is 0 Å². The Hall–Kier alpha value is -2.65. The molecule has 9 nitrogen and oxygen atoms in total. The minimum absolute atomic E-state index is 0.0382. The van der Waals surface area contributed by atoms with Crippen LogP contribution in [0.15, 0.2) is 24.3 Å². The second-order valence-electron chi connectivity index (χ2n) is 6.99. The van der Waals surface area contributed by atoms with Crippen molar-refractivity contribution in [2.24, 2.45) is 0 Å². The summed E-state index contributed by atoms with van der Waals surface area (Å²) in [5.74, 6) is -3.61. The van der Waals surface area contributed by atoms with Crippen molar-refractivity contribution in [3.05, 3.63) is 24.3 Å². The Labute approximate surface area is 170 Å². The van der Waals surface area contributed by atoms with E-state index in [2.05, 4.69) is 21.6 Å². The molecule has 2 aliphatic rings. The van der Waals surface area contributed by atoms with Gasteiger partial charge in [0, 0.05) is 19.1 Å². The van der Waals surface area contributed by atoms with Crippen molar-refractivity contribution in [3.63, 3.8) is 0 Å². The Morgan fingerprint density at radius 3 is 2.24 bits per heavy atom. The van der Waals surface area contributed by atoms with Gasteiger partial charge in [-0.2, -0.15) is 0 Å². The van der Waals surface area contributed by atoms with E-state index in [4.69, 9.17) is 24.5 Å². The Bertz CT molecular complexity index is 673. The van der Waals surface area contributed by atoms with Gasteiger partial charge in [0.2, 0.25) is 5.91 Å². The van der Waals surface area contributed by atoms with Gasteiger partial charge < -0.3 is 30.5 Å². The first-order valence-electron chi connectivity index (χ1n) is 9.88. The molecule has 2 fully saturated rings. The number of amides is 1. The van der Waals surface area contributed by atoms with E-state index in [-0.39, 0.29) is 5.91 Å². The molecule has 1 saturated carbocycles. The summed E-state index contributed by atoms with van der Waals surface area (Å²) in [6, 6.07) is 8.53. The van der Waals surface area contributed by atoms with Gasteiger partial charge in [-0.05, 0) is 25.0 Å². The predicted octanol–water partition coefficient (Wildman–Crippen LogP) is 1.54. The standard InChI is InChI=1S/C18H27N3O2.C2H2O4/c22-18(14-19-15-6-2-1-3-7-15)20-16-8-4-5-9-17(16)21-10-12-23-13-11-21;3-1(4)2(5)6/h4-5,8-9,15,19H,1-3,6-7,10-14H2,(H,20,22);(H,3,4)(H,5,6). The molecule has 1 saturated heterocycles. The first kappa shape index (κ1) is 22.6. The molecular weight excluding hydrogens is 378 g/mol. The molecular formula is C20H29N3O6. The quantitative estimate of drug-likeness (QED) is 0.541. The Kier molecular flexibility index (Phi) is 9.39. The third kappa shape index (κ3) is 8.08. The van der Waals surface area contributed by atoms with Crippen molar-refractivity contribution in [2.75, 3.05) is 43.1 Å². The maximum absolute atomic E-state index is 12.3. The fraction of sp³-hybridized carbons (Fsp3) is 0.550. The van der Waals surface area contributed by atoms with Crippen LogP contribution in [-0.4, -0.2) is 66.9 Å². The number of rotatable bonds is 5. The predicted molar refractivity (Wildman–Crippen MR) is 108 cm³/mol. The summed E-state index contributed by atoms with van der Waals surface area (Å²) in [4.78, 5) is 32.7. The SMILES string of the molecule is O=C(CNC1CCCCC1)Nc1ccccc1N1CCOCC1.O=C(O)C(=O)O. The molecule has 0 bridgehead atoms. The number of para-hydroxylation sites is 2. The van der Waals surface area contributed by atoms with Crippen molar-refractivity contribution < 1.29 is 29.3 Å². The molecule has 1 aromatic carbocycles. The van der Waals surface area contributed by atoms with Gasteiger partial charge in [0.15, 0.2) is 0 Å². The van der Waals surface area contributed by atoms with Crippen LogP contribution in [0.2, 0.25) is 0 Å². The highest BCUT2D eigenvalue weighted by molar-refractivity contribution is 6.27. The molecule has 29 heavy (non-hydrogen) atoms. The zero-order valence-corrected chi connectivity index (χ0v) is 16.4. The molecule has 3 rings (SSSR count). The molecule has 1 aliphatic heterocycles. The van der Waals surface area contributed by atoms with Crippen molar-refractivity contribution in [2.45, 2.75) is 38.1 Å². The summed E-state index contributed by atoms with van der Waals surface area (Å²) < 4.78 is 5.41. The third-order valence-electron chi connectivity index (χ3n) is 4.87. The molecule has 0 atom stereocenters. The number of carboxylic acids is 2. The fourth-order valence-electron chi connectivity index (χ4n) is 3.40. The number of anilines is 2. The van der Waals surface area contributed by atoms with Crippen molar-refractivity contribution >= 4 is 29.2 Å². The topological polar surface area (TPSA) is 128 Å². The molecule has 9 heteroatoms. The number of carbonyl (C=O) groups excluding carboxylic acids is 1. The summed E-state index contributed by atoms with van der Waals surface area (Å²) >= 11 is 0. The molecule has 4 N–H and O–H groups in total. The lowest BCUT2D eigenvalue weighted by Gasteiger charge is -2.30. The first-order chi connectivity index (χ1) is 14.0. The van der Waals surface area contributed by atoms with Crippen LogP contribution in [0, 0.1) is 0 Å². The van der Waals surface area contributed by atoms with Gasteiger partial charge in [-0.1, -0.05) is 31.4 Å². The van der Waals surface area contributed by atoms with Gasteiger partial charge in [0.05, 0.1) is 31.1 Å². The minimum atomic E-state index is -1.82. The summed E-state index contributed by atoms with van der Waals surface area (Å²) in [6.45, 7) is 3.61. The van der Waals surface area contributed by atoms with Crippen LogP contribution in [0.1, 0.15) is 32.1 Å². The highest BCUT2D eigenvalue weighted by atomic mass is 16.5. The minimum Gasteiger partial charge on any atom is -0.473 e. The largest absolute Gasteiger partial charge is 0.473 e. The van der Waals surface area contributed by atoms with E-state index in [0.29, 0.717) is 12.6 Å². The summed E-state index contributed by atoms with van der Waals surface area (Å²) in [5, 5.41) is 21.2. The van der Waals surface area contributed by atoms with Gasteiger partial charge in [-0.3, -0.25) is 4.79 Å². The zero-order valence-electron chi connectivity index (χ0n) is 16.4. The molecule has 1 aromatic rings. The normalized spacial score (nSPS) is 17.0. The van der Waals surface area contributed by atoms with Crippen LogP contribution < -0.4 is 15.5 Å². The zero-order chi connectivity index (χ0) is 21.1. The van der Waals surface area contributed by atoms with E-state index >= 15 is 0 Å². The van der Waals surface area contributed by atoms with E-state index in [1.807, 2.05) is 18.2 Å². The maximum Gasteiger partial charge on any atom is 0.414 e. The molecule has 1 aliphatic carbocycles. The van der Waals surface area contributed by atoms with Crippen LogP contribution in [0.25, 0.3) is 0 Å². The number of nitrogens with one attached hydrogen (secondary N) is 2. The van der Waals surface area contributed by atoms with E-state index in [0.717, 1.165) is 37.7 Å². The lowest BCUT2D eigenvalue weighted by atomic mass is 9.95. The van der Waals surface area contributed by atoms with E-state index in [1.165, 1.54) is 32.1 Å². The van der Waals surface area contributed by atoms with Crippen LogP contribution in [0.3, 0.4) is 0 Å². The molecule has 0 radical (unpaired) electrons. The first-order valence-corrected chi connectivity index (χ1v) is 9.88. The number of hydrogen-bond acceptors (Lipinski definition) is 6. The molecule has 1 amide bonds. The van der Waals surface area contributed by atoms with Crippen molar-refractivity contribution in [1.29, 1.82) is 0 Å². The lowest BCUT2D eigenvalue weighted by molar-refractivity contribution is -0.159. The smallest absolute Gasteiger partial charge is 0.414 e. The summed E-state index contributed by atoms with van der Waals surface area (Å²) in [6.07, 6.45) is 6.27. The lowest BCUT2D eigenvalue weighted by Crippen LogP contribution is -2.38. The Balaban J connectivity index is 0.000000438.